The zero-order chi connectivity index (χ0) is 66.5. The van der Waals surface area contributed by atoms with Crippen LogP contribution in [0.25, 0.3) is 0 Å². The molecule has 0 radical (unpaired) electrons. The maximum absolute atomic E-state index is 14.3. The van der Waals surface area contributed by atoms with Crippen LogP contribution >= 0.6 is 11.8 Å². The van der Waals surface area contributed by atoms with E-state index in [9.17, 15) is 92.3 Å². The van der Waals surface area contributed by atoms with Crippen molar-refractivity contribution in [1.82, 2.24) is 58.1 Å². The van der Waals surface area contributed by atoms with Crippen molar-refractivity contribution in [3.05, 3.63) is 29.8 Å². The van der Waals surface area contributed by atoms with Crippen molar-refractivity contribution < 1.29 is 97.5 Å². The number of carboxylic acid groups (broad SMARTS) is 2. The number of nitrogens with two attached hydrogens (primary N) is 1. The average Bonchev–Trinajstić information content (AvgIpc) is 3.98. The highest BCUT2D eigenvalue weighted by Crippen LogP contribution is 2.22. The van der Waals surface area contributed by atoms with E-state index in [0.717, 1.165) is 6.92 Å². The fourth-order valence-electron chi connectivity index (χ4n) is 8.89. The third-order valence-electron chi connectivity index (χ3n) is 13.7. The number of Topliss-reactive ketones (excluding diaryl/α,β-unsaturated/α-hetero) is 1. The minimum Gasteiger partial charge on any atom is -0.508 e. The number of hydrogen-bond acceptors (Lipinski definition) is 19. The Morgan fingerprint density at radius 1 is 0.602 bits per heavy atom. The molecule has 17 N–H and O–H groups in total. The Kier molecular flexibility index (Phi) is 32.6. The van der Waals surface area contributed by atoms with Gasteiger partial charge in [-0.15, -0.1) is 0 Å². The van der Waals surface area contributed by atoms with Gasteiger partial charge in [0.25, 0.3) is 5.91 Å². The highest BCUT2D eigenvalue weighted by Gasteiger charge is 2.42. The van der Waals surface area contributed by atoms with Gasteiger partial charge in [-0.2, -0.15) is 11.8 Å². The summed E-state index contributed by atoms with van der Waals surface area (Å²) in [6.45, 7) is 6.29. The van der Waals surface area contributed by atoms with Crippen molar-refractivity contribution in [3.8, 4) is 5.75 Å². The van der Waals surface area contributed by atoms with Crippen LogP contribution in [-0.2, 0) is 78.3 Å². The van der Waals surface area contributed by atoms with Crippen molar-refractivity contribution in [3.63, 3.8) is 0 Å². The number of likely N-dealkylation sites (tertiary alicyclic amines) is 1. The standard InChI is InChI=1S/C55H84N12O20S/c1-8-10-32(45(77)54(86)57-24-40(72)59-35(20-22-88-7)48(80)64-38(26-69)51(83)62-36(23-30-12-14-31(71)15-13-30)50(82)63-37(25-68)46(56)78)60-52(84)39-11-9-21-67(39)55(87)44(28(4)5)66-53(85)43(27(2)3)65-49(81)34(17-19-42(75)76)61-47(79)33(58-29(6)70)16-18-41(73)74/h12-15,27-28,32-39,43-44,68-69,71H,8-11,16-26H2,1-7H3,(H2,56,78)(H,57,86)(H,58,70)(H,59,72)(H,60,84)(H,61,79)(H,62,83)(H,63,82)(H,64,80)(H,65,81)(H,66,85)(H,73,74)(H,75,76)/t32-,33-,34-,35-,36-,37-,38+,39?,43-,44-/m0/s1. The van der Waals surface area contributed by atoms with E-state index < -0.39 is 200 Å². The summed E-state index contributed by atoms with van der Waals surface area (Å²) in [5, 5.41) is 71.7. The SMILES string of the molecule is CCC[C@H](NC(=O)C1CCCN1C(=O)[C@@H](NC(=O)[C@@H](NC(=O)[C@H](CCC(=O)O)NC(=O)[C@H](CCC(=O)O)NC(C)=O)C(C)C)C(C)C)C(=O)C(=O)NCC(=O)N[C@@H](CCSC)C(=O)N[C@H](CO)C(=O)N[C@@H](Cc1ccc(O)cc1)C(=O)N[C@@H](CO)C(N)=O. The lowest BCUT2D eigenvalue weighted by Crippen LogP contribution is -2.61. The summed E-state index contributed by atoms with van der Waals surface area (Å²) < 4.78 is 0. The number of benzene rings is 1. The summed E-state index contributed by atoms with van der Waals surface area (Å²) >= 11 is 1.28. The van der Waals surface area contributed by atoms with Gasteiger partial charge in [0, 0.05) is 32.7 Å². The third-order valence-corrected chi connectivity index (χ3v) is 14.4. The van der Waals surface area contributed by atoms with E-state index in [2.05, 4.69) is 53.2 Å². The van der Waals surface area contributed by atoms with E-state index in [4.69, 9.17) is 10.8 Å². The fourth-order valence-corrected chi connectivity index (χ4v) is 9.37. The molecule has 1 aromatic rings. The summed E-state index contributed by atoms with van der Waals surface area (Å²) in [4.78, 5) is 197. The lowest BCUT2D eigenvalue weighted by Gasteiger charge is -2.33. The number of aliphatic hydroxyl groups is 2. The maximum Gasteiger partial charge on any atom is 0.303 e. The molecule has 0 saturated carbocycles. The third kappa shape index (κ3) is 25.5. The van der Waals surface area contributed by atoms with E-state index in [1.165, 1.54) is 40.9 Å². The van der Waals surface area contributed by atoms with Crippen molar-refractivity contribution in [2.45, 2.75) is 166 Å². The summed E-state index contributed by atoms with van der Waals surface area (Å²) in [6, 6.07) is -9.09. The number of aromatic hydroxyl groups is 1. The molecule has 1 aromatic carbocycles. The van der Waals surface area contributed by atoms with E-state index in [0.29, 0.717) is 12.0 Å². The number of nitrogens with zero attached hydrogens (tertiary/aromatic N) is 1. The van der Waals surface area contributed by atoms with Crippen LogP contribution in [0.5, 0.6) is 5.75 Å². The lowest BCUT2D eigenvalue weighted by atomic mass is 9.98. The van der Waals surface area contributed by atoms with Gasteiger partial charge in [-0.1, -0.05) is 53.2 Å². The van der Waals surface area contributed by atoms with Gasteiger partial charge >= 0.3 is 11.9 Å². The van der Waals surface area contributed by atoms with Gasteiger partial charge in [-0.25, -0.2) is 0 Å². The van der Waals surface area contributed by atoms with Crippen molar-refractivity contribution in [2.75, 3.05) is 38.3 Å². The van der Waals surface area contributed by atoms with Crippen LogP contribution in [0, 0.1) is 11.8 Å². The van der Waals surface area contributed by atoms with E-state index in [-0.39, 0.29) is 56.6 Å². The molecule has 32 nitrogen and oxygen atoms in total. The second-order valence-corrected chi connectivity index (χ2v) is 22.4. The Bertz CT molecular complexity index is 2660. The summed E-state index contributed by atoms with van der Waals surface area (Å²) in [5.74, 6) is -16.5. The molecule has 1 unspecified atom stereocenters. The Morgan fingerprint density at radius 3 is 1.60 bits per heavy atom. The van der Waals surface area contributed by atoms with Crippen LogP contribution in [0.4, 0.5) is 0 Å². The number of amides is 12. The number of nitrogens with one attached hydrogen (secondary N) is 10. The average molecular weight is 1270 g/mol. The summed E-state index contributed by atoms with van der Waals surface area (Å²) in [5.41, 5.74) is 5.65. The van der Waals surface area contributed by atoms with Gasteiger partial charge in [0.2, 0.25) is 70.8 Å². The van der Waals surface area contributed by atoms with Gasteiger partial charge in [0.1, 0.15) is 60.1 Å². The number of thioether (sulfide) groups is 1. The number of hydrogen-bond donors (Lipinski definition) is 16. The quantitative estimate of drug-likeness (QED) is 0.0275. The van der Waals surface area contributed by atoms with Gasteiger partial charge in [-0.05, 0) is 80.1 Å². The molecule has 1 aliphatic rings. The van der Waals surface area contributed by atoms with Crippen LogP contribution in [0.1, 0.15) is 105 Å². The number of aliphatic carboxylic acids is 2. The van der Waals surface area contributed by atoms with Crippen LogP contribution < -0.4 is 58.9 Å². The van der Waals surface area contributed by atoms with Crippen LogP contribution in [0.15, 0.2) is 24.3 Å². The molecule has 12 amide bonds. The minimum atomic E-state index is -1.73. The number of phenolic OH excluding ortho intramolecular Hbond substituents is 1. The number of carbonyl (C=O) groups excluding carboxylic acids is 13. The molecule has 88 heavy (non-hydrogen) atoms. The Balaban J connectivity index is 2.20. The monoisotopic (exact) mass is 1260 g/mol. The maximum atomic E-state index is 14.3. The number of carbonyl (C=O) groups is 15. The normalized spacial score (nSPS) is 15.9. The van der Waals surface area contributed by atoms with Crippen molar-refractivity contribution in [2.24, 2.45) is 17.6 Å². The molecule has 1 aliphatic heterocycles. The first-order valence-corrected chi connectivity index (χ1v) is 29.8. The molecule has 33 heteroatoms. The summed E-state index contributed by atoms with van der Waals surface area (Å²) in [6.07, 6.45) is -0.0515. The smallest absolute Gasteiger partial charge is 0.303 e. The fraction of sp³-hybridized carbons (Fsp3) is 0.618. The van der Waals surface area contributed by atoms with Gasteiger partial charge in [0.15, 0.2) is 0 Å². The molecule has 1 heterocycles. The Hall–Kier alpha value is -8.46. The first kappa shape index (κ1) is 75.6. The van der Waals surface area contributed by atoms with Gasteiger partial charge in [0.05, 0.1) is 25.8 Å². The topological polar surface area (TPSA) is 507 Å². The highest BCUT2D eigenvalue weighted by atomic mass is 32.2. The molecular weight excluding hydrogens is 1180 g/mol. The predicted octanol–water partition coefficient (Wildman–Crippen LogP) is -4.94. The molecule has 0 bridgehead atoms. The molecule has 10 atom stereocenters. The second-order valence-electron chi connectivity index (χ2n) is 21.4. The first-order valence-electron chi connectivity index (χ1n) is 28.4. The van der Waals surface area contributed by atoms with Gasteiger partial charge < -0.3 is 89.3 Å². The zero-order valence-corrected chi connectivity index (χ0v) is 51.0. The Labute approximate surface area is 511 Å². The highest BCUT2D eigenvalue weighted by molar-refractivity contribution is 7.98. The van der Waals surface area contributed by atoms with Crippen LogP contribution in [0.3, 0.4) is 0 Å². The number of primary amides is 1. The first-order chi connectivity index (χ1) is 41.4. The molecule has 490 valence electrons. The molecule has 1 saturated heterocycles. The van der Waals surface area contributed by atoms with Crippen molar-refractivity contribution in [1.29, 1.82) is 0 Å². The van der Waals surface area contributed by atoms with Crippen LogP contribution in [0.2, 0.25) is 0 Å². The van der Waals surface area contributed by atoms with Crippen molar-refractivity contribution >= 4 is 100 Å². The second kappa shape index (κ2) is 38.0. The summed E-state index contributed by atoms with van der Waals surface area (Å²) in [7, 11) is 0. The molecule has 0 aromatic heterocycles. The molecule has 1 fully saturated rings. The predicted molar refractivity (Wildman–Crippen MR) is 312 cm³/mol. The van der Waals surface area contributed by atoms with Crippen LogP contribution in [-0.4, -0.2) is 218 Å². The largest absolute Gasteiger partial charge is 0.508 e. The molecular formula is C55H84N12O20S. The zero-order valence-electron chi connectivity index (χ0n) is 50.1. The molecule has 0 spiro atoms. The Morgan fingerprint density at radius 2 is 1.09 bits per heavy atom. The van der Waals surface area contributed by atoms with E-state index in [1.54, 1.807) is 40.9 Å². The molecule has 0 aliphatic carbocycles. The number of rotatable bonds is 39. The molecule has 2 rings (SSSR count). The number of phenols is 1. The van der Waals surface area contributed by atoms with E-state index in [1.807, 2.05) is 0 Å². The number of aliphatic hydroxyl groups excluding tert-OH is 2. The lowest BCUT2D eigenvalue weighted by molar-refractivity contribution is -0.144. The van der Waals surface area contributed by atoms with Gasteiger partial charge in [-0.3, -0.25) is 71.9 Å². The van der Waals surface area contributed by atoms with E-state index >= 15 is 0 Å². The minimum absolute atomic E-state index is 0.0243. The number of carboxylic acids is 2. The number of ketones is 1.